The number of allylic oxidation sites excluding steroid dienone is 2. The summed E-state index contributed by atoms with van der Waals surface area (Å²) in [7, 11) is 0. The largest absolute Gasteiger partial charge is 0.393 e. The van der Waals surface area contributed by atoms with Crippen LogP contribution >= 0.6 is 0 Å². The average Bonchev–Trinajstić information content (AvgIpc) is 2.77. The molecule has 1 aliphatic heterocycles. The molecule has 3 aliphatic rings. The van der Waals surface area contributed by atoms with Gasteiger partial charge in [-0.1, -0.05) is 25.5 Å². The van der Waals surface area contributed by atoms with Gasteiger partial charge in [0.25, 0.3) is 0 Å². The van der Waals surface area contributed by atoms with E-state index >= 15 is 0 Å². The second-order valence-corrected chi connectivity index (χ2v) is 4.40. The SMILES string of the molecule is CCC1[C@H]2C=C[C@@H]1[C@@H]1C(=O)OC(=O)[C@@H]12. The highest BCUT2D eigenvalue weighted by Crippen LogP contribution is 2.56. The Bertz CT molecular complexity index is 314. The zero-order chi connectivity index (χ0) is 9.87. The molecule has 3 rings (SSSR count). The lowest BCUT2D eigenvalue weighted by molar-refractivity contribution is -0.155. The molecule has 0 aromatic carbocycles. The van der Waals surface area contributed by atoms with Gasteiger partial charge in [0.1, 0.15) is 0 Å². The van der Waals surface area contributed by atoms with Crippen LogP contribution in [0.4, 0.5) is 0 Å². The van der Waals surface area contributed by atoms with Gasteiger partial charge in [-0.3, -0.25) is 9.59 Å². The van der Waals surface area contributed by atoms with Crippen LogP contribution in [-0.4, -0.2) is 11.9 Å². The molecule has 1 unspecified atom stereocenters. The number of ether oxygens (including phenoxy) is 1. The summed E-state index contributed by atoms with van der Waals surface area (Å²) >= 11 is 0. The second-order valence-electron chi connectivity index (χ2n) is 4.40. The molecule has 2 fully saturated rings. The average molecular weight is 192 g/mol. The van der Waals surface area contributed by atoms with Crippen LogP contribution in [0.2, 0.25) is 0 Å². The van der Waals surface area contributed by atoms with Gasteiger partial charge in [0.2, 0.25) is 0 Å². The van der Waals surface area contributed by atoms with E-state index in [9.17, 15) is 9.59 Å². The van der Waals surface area contributed by atoms with Crippen molar-refractivity contribution in [1.29, 1.82) is 0 Å². The lowest BCUT2D eigenvalue weighted by Gasteiger charge is -2.14. The smallest absolute Gasteiger partial charge is 0.318 e. The predicted molar refractivity (Wildman–Crippen MR) is 48.0 cm³/mol. The normalized spacial score (nSPS) is 48.5. The summed E-state index contributed by atoms with van der Waals surface area (Å²) < 4.78 is 4.68. The van der Waals surface area contributed by atoms with Crippen molar-refractivity contribution in [3.05, 3.63) is 12.2 Å². The number of carbonyl (C=O) groups excluding carboxylic acids is 2. The summed E-state index contributed by atoms with van der Waals surface area (Å²) in [6.45, 7) is 2.12. The first-order valence-corrected chi connectivity index (χ1v) is 5.18. The molecule has 2 bridgehead atoms. The quantitative estimate of drug-likeness (QED) is 0.355. The number of hydrogen-bond donors (Lipinski definition) is 0. The Balaban J connectivity index is 2.03. The zero-order valence-electron chi connectivity index (χ0n) is 7.97. The van der Waals surface area contributed by atoms with Crippen molar-refractivity contribution < 1.29 is 14.3 Å². The summed E-state index contributed by atoms with van der Waals surface area (Å²) in [6.07, 6.45) is 5.23. The molecule has 1 saturated heterocycles. The third-order valence-electron chi connectivity index (χ3n) is 3.98. The summed E-state index contributed by atoms with van der Waals surface area (Å²) in [4.78, 5) is 22.9. The lowest BCUT2D eigenvalue weighted by atomic mass is 9.85. The molecule has 0 spiro atoms. The lowest BCUT2D eigenvalue weighted by Crippen LogP contribution is -2.21. The second kappa shape index (κ2) is 2.47. The minimum absolute atomic E-state index is 0.164. The van der Waals surface area contributed by atoms with Crippen LogP contribution < -0.4 is 0 Å². The number of fused-ring (bicyclic) bond motifs is 5. The predicted octanol–water partition coefficient (Wildman–Crippen LogP) is 1.14. The fourth-order valence-corrected chi connectivity index (χ4v) is 3.44. The van der Waals surface area contributed by atoms with Crippen LogP contribution in [0, 0.1) is 29.6 Å². The number of hydrogen-bond acceptors (Lipinski definition) is 3. The molecule has 74 valence electrons. The van der Waals surface area contributed by atoms with Gasteiger partial charge in [-0.05, 0) is 17.8 Å². The highest BCUT2D eigenvalue weighted by molar-refractivity contribution is 5.98. The van der Waals surface area contributed by atoms with Gasteiger partial charge in [-0.2, -0.15) is 0 Å². The fourth-order valence-electron chi connectivity index (χ4n) is 3.44. The Morgan fingerprint density at radius 3 is 2.07 bits per heavy atom. The van der Waals surface area contributed by atoms with Crippen molar-refractivity contribution in [2.45, 2.75) is 13.3 Å². The van der Waals surface area contributed by atoms with E-state index in [1.54, 1.807) is 0 Å². The van der Waals surface area contributed by atoms with E-state index in [1.165, 1.54) is 0 Å². The highest BCUT2D eigenvalue weighted by Gasteiger charge is 2.61. The third kappa shape index (κ3) is 0.740. The molecule has 0 aromatic heterocycles. The summed E-state index contributed by atoms with van der Waals surface area (Å²) in [6, 6.07) is 0. The van der Waals surface area contributed by atoms with E-state index in [-0.39, 0.29) is 35.6 Å². The monoisotopic (exact) mass is 192 g/mol. The van der Waals surface area contributed by atoms with Crippen molar-refractivity contribution in [2.75, 3.05) is 0 Å². The van der Waals surface area contributed by atoms with Crippen LogP contribution in [0.3, 0.4) is 0 Å². The van der Waals surface area contributed by atoms with Crippen LogP contribution in [0.5, 0.6) is 0 Å². The Morgan fingerprint density at radius 2 is 1.64 bits per heavy atom. The molecule has 5 atom stereocenters. The third-order valence-corrected chi connectivity index (χ3v) is 3.98. The van der Waals surface area contributed by atoms with Crippen molar-refractivity contribution in [1.82, 2.24) is 0 Å². The molecular formula is C11H12O3. The van der Waals surface area contributed by atoms with Gasteiger partial charge in [-0.25, -0.2) is 0 Å². The van der Waals surface area contributed by atoms with Crippen molar-refractivity contribution in [3.8, 4) is 0 Å². The molecule has 0 radical (unpaired) electrons. The molecule has 3 heteroatoms. The summed E-state index contributed by atoms with van der Waals surface area (Å²) in [5.74, 6) is 0.0835. The number of rotatable bonds is 1. The van der Waals surface area contributed by atoms with Crippen LogP contribution in [0.15, 0.2) is 12.2 Å². The van der Waals surface area contributed by atoms with Gasteiger partial charge < -0.3 is 4.74 Å². The number of cyclic esters (lactones) is 2. The van der Waals surface area contributed by atoms with E-state index < -0.39 is 0 Å². The van der Waals surface area contributed by atoms with E-state index in [0.29, 0.717) is 5.92 Å². The van der Waals surface area contributed by atoms with E-state index in [4.69, 9.17) is 0 Å². The van der Waals surface area contributed by atoms with Crippen molar-refractivity contribution >= 4 is 11.9 Å². The van der Waals surface area contributed by atoms with Crippen LogP contribution in [0.25, 0.3) is 0 Å². The molecule has 14 heavy (non-hydrogen) atoms. The van der Waals surface area contributed by atoms with E-state index in [2.05, 4.69) is 23.8 Å². The van der Waals surface area contributed by atoms with E-state index in [1.807, 2.05) is 0 Å². The molecule has 0 amide bonds. The fraction of sp³-hybridized carbons (Fsp3) is 0.636. The van der Waals surface area contributed by atoms with Crippen LogP contribution in [-0.2, 0) is 14.3 Å². The Kier molecular flexibility index (Phi) is 1.45. The van der Waals surface area contributed by atoms with Gasteiger partial charge in [0.05, 0.1) is 11.8 Å². The van der Waals surface area contributed by atoms with Gasteiger partial charge in [0.15, 0.2) is 0 Å². The summed E-state index contributed by atoms with van der Waals surface area (Å²) in [5.41, 5.74) is 0. The number of carbonyl (C=O) groups is 2. The molecule has 0 aromatic rings. The zero-order valence-corrected chi connectivity index (χ0v) is 7.97. The van der Waals surface area contributed by atoms with Gasteiger partial charge >= 0.3 is 11.9 Å². The Hall–Kier alpha value is -1.12. The minimum Gasteiger partial charge on any atom is -0.393 e. The molecule has 0 N–H and O–H groups in total. The van der Waals surface area contributed by atoms with Gasteiger partial charge in [-0.15, -0.1) is 0 Å². The molecule has 2 aliphatic carbocycles. The molecule has 1 saturated carbocycles. The molecule has 1 heterocycles. The molecular weight excluding hydrogens is 180 g/mol. The van der Waals surface area contributed by atoms with E-state index in [0.717, 1.165) is 6.42 Å². The maximum absolute atomic E-state index is 11.4. The van der Waals surface area contributed by atoms with Crippen molar-refractivity contribution in [3.63, 3.8) is 0 Å². The molecule has 3 nitrogen and oxygen atoms in total. The first kappa shape index (κ1) is 8.21. The maximum atomic E-state index is 11.4. The number of esters is 2. The minimum atomic E-state index is -0.296. The van der Waals surface area contributed by atoms with Crippen LogP contribution in [0.1, 0.15) is 13.3 Å². The Labute approximate surface area is 82.1 Å². The first-order valence-electron chi connectivity index (χ1n) is 5.18. The Morgan fingerprint density at radius 1 is 1.14 bits per heavy atom. The topological polar surface area (TPSA) is 43.4 Å². The standard InChI is InChI=1S/C11H12O3/c1-2-5-6-3-4-7(5)9-8(6)10(12)14-11(9)13/h3-9H,2H2,1H3/t5?,6-,7+,8-,9+. The first-order chi connectivity index (χ1) is 6.74. The van der Waals surface area contributed by atoms with Gasteiger partial charge in [0, 0.05) is 0 Å². The van der Waals surface area contributed by atoms with Crippen molar-refractivity contribution in [2.24, 2.45) is 29.6 Å². The summed E-state index contributed by atoms with van der Waals surface area (Å²) in [5, 5.41) is 0. The highest BCUT2D eigenvalue weighted by atomic mass is 16.6. The maximum Gasteiger partial charge on any atom is 0.318 e.